The van der Waals surface area contributed by atoms with Crippen molar-refractivity contribution in [1.29, 1.82) is 0 Å². The normalized spacial score (nSPS) is 18.5. The number of rotatable bonds is 14. The molecule has 1 saturated heterocycles. The molecule has 2 heterocycles. The fourth-order valence-electron chi connectivity index (χ4n) is 4.72. The largest absolute Gasteiger partial charge is 0.270 e. The fourth-order valence-corrected chi connectivity index (χ4v) is 4.72. The van der Waals surface area contributed by atoms with Crippen LogP contribution in [0.4, 0.5) is 5.69 Å². The van der Waals surface area contributed by atoms with Gasteiger partial charge in [0, 0.05) is 16.0 Å². The minimum atomic E-state index is 0.375. The molecule has 0 aliphatic carbocycles. The van der Waals surface area contributed by atoms with Crippen molar-refractivity contribution in [2.75, 3.05) is 13.1 Å². The van der Waals surface area contributed by atoms with Crippen LogP contribution in [-0.2, 0) is 0 Å². The molecule has 0 amide bonds. The monoisotopic (exact) mass is 384 g/mol. The maximum absolute atomic E-state index is 5.09. The van der Waals surface area contributed by atoms with Crippen molar-refractivity contribution in [3.63, 3.8) is 0 Å². The summed E-state index contributed by atoms with van der Waals surface area (Å²) in [5.41, 5.74) is 2.77. The summed E-state index contributed by atoms with van der Waals surface area (Å²) in [6.45, 7) is 4.61. The highest BCUT2D eigenvalue weighted by Gasteiger charge is 2.37. The highest BCUT2D eigenvalue weighted by Crippen LogP contribution is 2.39. The summed E-state index contributed by atoms with van der Waals surface area (Å²) in [5, 5.41) is 7.52. The van der Waals surface area contributed by atoms with Gasteiger partial charge < -0.3 is 0 Å². The molecule has 1 fully saturated rings. The van der Waals surface area contributed by atoms with Crippen molar-refractivity contribution in [1.82, 2.24) is 5.01 Å². The van der Waals surface area contributed by atoms with Crippen molar-refractivity contribution in [2.45, 2.75) is 109 Å². The first kappa shape index (κ1) is 21.3. The molecule has 0 saturated carbocycles. The molecule has 28 heavy (non-hydrogen) atoms. The molecule has 156 valence electrons. The molecule has 1 aromatic carbocycles. The van der Waals surface area contributed by atoms with Crippen molar-refractivity contribution in [3.8, 4) is 0 Å². The lowest BCUT2D eigenvalue weighted by molar-refractivity contribution is -0.672. The topological polar surface area (TPSA) is 18.6 Å². The van der Waals surface area contributed by atoms with Crippen molar-refractivity contribution >= 4 is 5.69 Å². The van der Waals surface area contributed by atoms with E-state index < -0.39 is 0 Å². The molecule has 0 spiro atoms. The lowest BCUT2D eigenvalue weighted by Gasteiger charge is -2.08. The number of hydrazine groups is 1. The third-order valence-corrected chi connectivity index (χ3v) is 6.44. The van der Waals surface area contributed by atoms with Crippen LogP contribution in [0.3, 0.4) is 0 Å². The fraction of sp³-hybridized carbons (Fsp3) is 0.760. The van der Waals surface area contributed by atoms with Crippen LogP contribution < -0.4 is 0 Å². The first-order chi connectivity index (χ1) is 13.9. The van der Waals surface area contributed by atoms with Gasteiger partial charge >= 0.3 is 0 Å². The van der Waals surface area contributed by atoms with Gasteiger partial charge in [-0.25, -0.2) is 0 Å². The predicted molar refractivity (Wildman–Crippen MR) is 118 cm³/mol. The van der Waals surface area contributed by atoms with Gasteiger partial charge in [0.1, 0.15) is 6.04 Å². The number of hydrogen-bond donors (Lipinski definition) is 0. The van der Waals surface area contributed by atoms with Gasteiger partial charge in [0.2, 0.25) is 0 Å². The average molecular weight is 385 g/mol. The number of hydrogen-bond acceptors (Lipinski definition) is 2. The minimum absolute atomic E-state index is 0.375. The highest BCUT2D eigenvalue weighted by atomic mass is 15.7. The summed E-state index contributed by atoms with van der Waals surface area (Å²) >= 11 is 0. The zero-order valence-corrected chi connectivity index (χ0v) is 18.2. The summed E-state index contributed by atoms with van der Waals surface area (Å²) in [7, 11) is 0. The summed E-state index contributed by atoms with van der Waals surface area (Å²) in [5.74, 6) is 0. The van der Waals surface area contributed by atoms with Crippen molar-refractivity contribution < 1.29 is 4.81 Å². The van der Waals surface area contributed by atoms with E-state index in [4.69, 9.17) is 5.11 Å². The molecule has 1 unspecified atom stereocenters. The summed E-state index contributed by atoms with van der Waals surface area (Å²) in [4.78, 5) is 2.23. The Balaban J connectivity index is 1.29. The van der Waals surface area contributed by atoms with E-state index in [1.165, 1.54) is 108 Å². The Morgan fingerprint density at radius 1 is 0.821 bits per heavy atom. The van der Waals surface area contributed by atoms with E-state index in [0.29, 0.717) is 6.04 Å². The van der Waals surface area contributed by atoms with Crippen LogP contribution in [0.15, 0.2) is 29.4 Å². The molecule has 0 N–H and O–H groups in total. The van der Waals surface area contributed by atoms with Crippen LogP contribution in [0.5, 0.6) is 0 Å². The van der Waals surface area contributed by atoms with E-state index in [1.807, 2.05) is 0 Å². The van der Waals surface area contributed by atoms with Crippen LogP contribution >= 0.6 is 0 Å². The molecule has 3 heteroatoms. The average Bonchev–Trinajstić information content (AvgIpc) is 3.37. The zero-order valence-electron chi connectivity index (χ0n) is 18.2. The van der Waals surface area contributed by atoms with E-state index in [1.54, 1.807) is 0 Å². The molecule has 3 nitrogen and oxygen atoms in total. The SMILES string of the molecule is CCCCCCCCCCCCCCC1N=[N+](N2CCCC2)c2ccccc21. The molecule has 3 rings (SSSR count). The third-order valence-electron chi connectivity index (χ3n) is 6.44. The first-order valence-corrected chi connectivity index (χ1v) is 12.2. The van der Waals surface area contributed by atoms with Gasteiger partial charge in [0.05, 0.1) is 18.7 Å². The Kier molecular flexibility index (Phi) is 9.32. The minimum Gasteiger partial charge on any atom is -0.156 e. The van der Waals surface area contributed by atoms with Gasteiger partial charge in [-0.3, -0.25) is 0 Å². The summed E-state index contributed by atoms with van der Waals surface area (Å²) < 4.78 is 0. The Morgan fingerprint density at radius 2 is 1.39 bits per heavy atom. The van der Waals surface area contributed by atoms with Crippen LogP contribution in [0.25, 0.3) is 0 Å². The number of benzene rings is 1. The summed E-state index contributed by atoms with van der Waals surface area (Å²) in [6.07, 6.45) is 20.8. The molecule has 2 aliphatic rings. The number of azo groups is 1. The second-order valence-corrected chi connectivity index (χ2v) is 8.82. The Bertz CT molecular complexity index is 589. The standard InChI is InChI=1S/C25H42N3/c1-2-3-4-5-6-7-8-9-10-11-12-13-19-24-23-18-14-15-20-25(23)28(26-24)27-21-16-17-22-27/h14-15,18,20,24H,2-13,16-17,19,21-22H2,1H3/q+1. The molecular weight excluding hydrogens is 342 g/mol. The molecule has 1 aromatic rings. The highest BCUT2D eigenvalue weighted by molar-refractivity contribution is 5.43. The Hall–Kier alpha value is -1.38. The lowest BCUT2D eigenvalue weighted by Crippen LogP contribution is -2.26. The lowest BCUT2D eigenvalue weighted by atomic mass is 9.99. The third kappa shape index (κ3) is 6.32. The molecular formula is C25H42N3+. The molecule has 0 bridgehead atoms. The van der Waals surface area contributed by atoms with Gasteiger partial charge in [-0.15, -0.1) is 0 Å². The maximum atomic E-state index is 5.09. The van der Waals surface area contributed by atoms with E-state index in [2.05, 4.69) is 41.0 Å². The van der Waals surface area contributed by atoms with Crippen molar-refractivity contribution in [2.24, 2.45) is 5.11 Å². The smallest absolute Gasteiger partial charge is 0.156 e. The van der Waals surface area contributed by atoms with Gasteiger partial charge in [-0.1, -0.05) is 96.1 Å². The first-order valence-electron chi connectivity index (χ1n) is 12.2. The zero-order chi connectivity index (χ0) is 19.4. The molecule has 2 aliphatic heterocycles. The Labute approximate surface area is 173 Å². The van der Waals surface area contributed by atoms with Gasteiger partial charge in [-0.05, 0) is 25.3 Å². The molecule has 0 radical (unpaired) electrons. The van der Waals surface area contributed by atoms with Crippen LogP contribution in [0.2, 0.25) is 0 Å². The molecule has 0 aromatic heterocycles. The van der Waals surface area contributed by atoms with E-state index >= 15 is 0 Å². The van der Waals surface area contributed by atoms with Gasteiger partial charge in [0.15, 0.2) is 0 Å². The van der Waals surface area contributed by atoms with Crippen LogP contribution in [0, 0.1) is 0 Å². The Morgan fingerprint density at radius 3 is 2.04 bits per heavy atom. The second-order valence-electron chi connectivity index (χ2n) is 8.82. The van der Waals surface area contributed by atoms with Crippen LogP contribution in [-0.4, -0.2) is 22.9 Å². The summed E-state index contributed by atoms with van der Waals surface area (Å²) in [6, 6.07) is 9.25. The van der Waals surface area contributed by atoms with E-state index in [0.717, 1.165) is 13.1 Å². The second kappa shape index (κ2) is 12.2. The molecule has 1 atom stereocenters. The number of fused-ring (bicyclic) bond motifs is 1. The number of nitrogens with zero attached hydrogens (tertiary/aromatic N) is 3. The number of unbranched alkanes of at least 4 members (excludes halogenated alkanes) is 11. The van der Waals surface area contributed by atoms with E-state index in [-0.39, 0.29) is 0 Å². The van der Waals surface area contributed by atoms with Crippen molar-refractivity contribution in [3.05, 3.63) is 29.8 Å². The quantitative estimate of drug-likeness (QED) is 0.235. The maximum Gasteiger partial charge on any atom is 0.270 e. The van der Waals surface area contributed by atoms with Gasteiger partial charge in [-0.2, -0.15) is 5.01 Å². The van der Waals surface area contributed by atoms with Gasteiger partial charge in [0.25, 0.3) is 5.69 Å². The predicted octanol–water partition coefficient (Wildman–Crippen LogP) is 7.94. The number of para-hydroxylation sites is 1. The van der Waals surface area contributed by atoms with E-state index in [9.17, 15) is 0 Å². The van der Waals surface area contributed by atoms with Crippen LogP contribution in [0.1, 0.15) is 115 Å².